The molecule has 0 radical (unpaired) electrons. The Morgan fingerprint density at radius 1 is 1.09 bits per heavy atom. The molecule has 0 aliphatic carbocycles. The van der Waals surface area contributed by atoms with Crippen LogP contribution in [0, 0.1) is 11.3 Å². The Labute approximate surface area is 127 Å². The first-order chi connectivity index (χ1) is 10.7. The summed E-state index contributed by atoms with van der Waals surface area (Å²) >= 11 is 0. The third kappa shape index (κ3) is 4.02. The fourth-order valence-corrected chi connectivity index (χ4v) is 1.61. The average molecular weight is 292 g/mol. The maximum atomic E-state index is 11.9. The Kier molecular flexibility index (Phi) is 5.00. The first-order valence-corrected chi connectivity index (χ1v) is 6.38. The van der Waals surface area contributed by atoms with E-state index in [1.54, 1.807) is 42.5 Å². The van der Waals surface area contributed by atoms with Gasteiger partial charge in [-0.15, -0.1) is 0 Å². The number of pyridine rings is 1. The average Bonchev–Trinajstić information content (AvgIpc) is 2.59. The van der Waals surface area contributed by atoms with Crippen molar-refractivity contribution < 1.29 is 9.59 Å². The number of aromatic nitrogens is 1. The van der Waals surface area contributed by atoms with Crippen LogP contribution in [0.1, 0.15) is 15.9 Å². The summed E-state index contributed by atoms with van der Waals surface area (Å²) in [6.45, 7) is 0. The molecular weight excluding hydrogens is 280 g/mol. The normalized spacial score (nSPS) is 10.4. The molecule has 0 saturated heterocycles. The monoisotopic (exact) mass is 292 g/mol. The lowest BCUT2D eigenvalue weighted by atomic mass is 10.1. The zero-order valence-corrected chi connectivity index (χ0v) is 11.5. The van der Waals surface area contributed by atoms with Crippen molar-refractivity contribution in [2.75, 3.05) is 0 Å². The van der Waals surface area contributed by atoms with Gasteiger partial charge in [-0.1, -0.05) is 30.3 Å². The third-order valence-electron chi connectivity index (χ3n) is 2.69. The molecule has 0 bridgehead atoms. The van der Waals surface area contributed by atoms with Crippen molar-refractivity contribution in [1.29, 1.82) is 5.26 Å². The summed E-state index contributed by atoms with van der Waals surface area (Å²) in [5.74, 6) is -1.21. The van der Waals surface area contributed by atoms with Gasteiger partial charge in [-0.2, -0.15) is 5.26 Å². The highest BCUT2D eigenvalue weighted by atomic mass is 16.2. The van der Waals surface area contributed by atoms with Crippen molar-refractivity contribution in [2.45, 2.75) is 0 Å². The predicted molar refractivity (Wildman–Crippen MR) is 79.9 cm³/mol. The highest BCUT2D eigenvalue weighted by Gasteiger charge is 2.11. The van der Waals surface area contributed by atoms with Gasteiger partial charge in [-0.25, -0.2) is 0 Å². The maximum absolute atomic E-state index is 11.9. The van der Waals surface area contributed by atoms with Gasteiger partial charge in [0.25, 0.3) is 11.8 Å². The minimum Gasteiger partial charge on any atom is -0.267 e. The van der Waals surface area contributed by atoms with Crippen LogP contribution < -0.4 is 10.9 Å². The van der Waals surface area contributed by atoms with Crippen LogP contribution in [0.4, 0.5) is 0 Å². The zero-order chi connectivity index (χ0) is 15.8. The van der Waals surface area contributed by atoms with Crippen LogP contribution in [0.2, 0.25) is 0 Å². The molecule has 1 heterocycles. The Morgan fingerprint density at radius 2 is 1.86 bits per heavy atom. The van der Waals surface area contributed by atoms with Gasteiger partial charge in [-0.05, 0) is 23.8 Å². The Hall–Kier alpha value is -3.46. The molecule has 22 heavy (non-hydrogen) atoms. The molecule has 108 valence electrons. The summed E-state index contributed by atoms with van der Waals surface area (Å²) in [5.41, 5.74) is 5.33. The number of hydrogen-bond donors (Lipinski definition) is 2. The van der Waals surface area contributed by atoms with Gasteiger partial charge in [0, 0.05) is 12.4 Å². The summed E-state index contributed by atoms with van der Waals surface area (Å²) in [7, 11) is 0. The fraction of sp³-hybridized carbons (Fsp3) is 0. The van der Waals surface area contributed by atoms with Gasteiger partial charge < -0.3 is 0 Å². The van der Waals surface area contributed by atoms with Crippen LogP contribution in [0.15, 0.2) is 60.4 Å². The molecule has 6 nitrogen and oxygen atoms in total. The molecule has 2 N–H and O–H groups in total. The largest absolute Gasteiger partial charge is 0.280 e. The minimum absolute atomic E-state index is 0.113. The highest BCUT2D eigenvalue weighted by Crippen LogP contribution is 2.05. The molecule has 1 aromatic carbocycles. The van der Waals surface area contributed by atoms with E-state index < -0.39 is 11.8 Å². The highest BCUT2D eigenvalue weighted by molar-refractivity contribution is 6.03. The quantitative estimate of drug-likeness (QED) is 0.508. The van der Waals surface area contributed by atoms with Crippen LogP contribution in [-0.2, 0) is 4.79 Å². The maximum Gasteiger partial charge on any atom is 0.280 e. The number of nitrogens with zero attached hydrogens (tertiary/aromatic N) is 2. The van der Waals surface area contributed by atoms with Crippen molar-refractivity contribution >= 4 is 17.9 Å². The number of rotatable bonds is 3. The molecule has 2 rings (SSSR count). The molecule has 0 atom stereocenters. The summed E-state index contributed by atoms with van der Waals surface area (Å²) < 4.78 is 0. The van der Waals surface area contributed by atoms with E-state index in [2.05, 4.69) is 15.8 Å². The van der Waals surface area contributed by atoms with Crippen LogP contribution in [0.3, 0.4) is 0 Å². The fourth-order valence-electron chi connectivity index (χ4n) is 1.61. The topological polar surface area (TPSA) is 94.9 Å². The van der Waals surface area contributed by atoms with E-state index in [4.69, 9.17) is 5.26 Å². The Balaban J connectivity index is 2.01. The Bertz CT molecular complexity index is 734. The van der Waals surface area contributed by atoms with Gasteiger partial charge in [0.2, 0.25) is 0 Å². The number of nitrogens with one attached hydrogen (secondary N) is 2. The molecule has 0 unspecified atom stereocenters. The molecule has 0 fully saturated rings. The molecule has 1 aromatic heterocycles. The summed E-state index contributed by atoms with van der Waals surface area (Å²) in [5, 5.41) is 9.04. The Morgan fingerprint density at radius 3 is 2.50 bits per heavy atom. The van der Waals surface area contributed by atoms with Gasteiger partial charge >= 0.3 is 0 Å². The number of hydrogen-bond acceptors (Lipinski definition) is 4. The van der Waals surface area contributed by atoms with Gasteiger partial charge in [0.05, 0.1) is 5.56 Å². The number of amides is 2. The second-order valence-electron chi connectivity index (χ2n) is 4.23. The van der Waals surface area contributed by atoms with E-state index in [9.17, 15) is 9.59 Å². The number of nitriles is 1. The van der Waals surface area contributed by atoms with Crippen LogP contribution in [-0.4, -0.2) is 16.8 Å². The van der Waals surface area contributed by atoms with E-state index in [0.717, 1.165) is 0 Å². The third-order valence-corrected chi connectivity index (χ3v) is 2.69. The number of carbonyl (C=O) groups is 2. The number of hydrazine groups is 1. The first kappa shape index (κ1) is 14.9. The smallest absolute Gasteiger partial charge is 0.267 e. The van der Waals surface area contributed by atoms with Crippen LogP contribution in [0.25, 0.3) is 6.08 Å². The summed E-state index contributed by atoms with van der Waals surface area (Å²) in [6.07, 6.45) is 4.34. The molecular formula is C16H12N4O2. The second-order valence-corrected chi connectivity index (χ2v) is 4.23. The number of carbonyl (C=O) groups excluding carboxylic acids is 2. The van der Waals surface area contributed by atoms with Gasteiger partial charge in [0.15, 0.2) is 0 Å². The first-order valence-electron chi connectivity index (χ1n) is 6.38. The minimum atomic E-state index is -0.691. The molecule has 0 aliphatic rings. The van der Waals surface area contributed by atoms with E-state index in [-0.39, 0.29) is 5.57 Å². The molecule has 6 heteroatoms. The van der Waals surface area contributed by atoms with Crippen LogP contribution in [0.5, 0.6) is 0 Å². The second kappa shape index (κ2) is 7.36. The van der Waals surface area contributed by atoms with Crippen molar-refractivity contribution in [3.8, 4) is 6.07 Å². The SMILES string of the molecule is N#CC(=Cc1ccccc1)C(=O)NNC(=O)c1cccnc1. The predicted octanol–water partition coefficient (Wildman–Crippen LogP) is 1.45. The van der Waals surface area contributed by atoms with E-state index in [0.29, 0.717) is 11.1 Å². The lowest BCUT2D eigenvalue weighted by Gasteiger charge is -2.06. The number of benzene rings is 1. The lowest BCUT2D eigenvalue weighted by molar-refractivity contribution is -0.117. The van der Waals surface area contributed by atoms with Crippen molar-refractivity contribution in [3.05, 3.63) is 71.6 Å². The lowest BCUT2D eigenvalue weighted by Crippen LogP contribution is -2.42. The van der Waals surface area contributed by atoms with Crippen LogP contribution >= 0.6 is 0 Å². The molecule has 0 saturated carbocycles. The molecule has 0 aliphatic heterocycles. The standard InChI is InChI=1S/C16H12N4O2/c17-10-14(9-12-5-2-1-3-6-12)16(22)20-19-15(21)13-7-4-8-18-11-13/h1-9,11H,(H,19,21)(H,20,22). The van der Waals surface area contributed by atoms with E-state index in [1.165, 1.54) is 18.5 Å². The van der Waals surface area contributed by atoms with Crippen molar-refractivity contribution in [1.82, 2.24) is 15.8 Å². The van der Waals surface area contributed by atoms with Gasteiger partial charge in [0.1, 0.15) is 11.6 Å². The zero-order valence-electron chi connectivity index (χ0n) is 11.5. The molecule has 0 spiro atoms. The van der Waals surface area contributed by atoms with Crippen molar-refractivity contribution in [3.63, 3.8) is 0 Å². The van der Waals surface area contributed by atoms with E-state index in [1.807, 2.05) is 6.07 Å². The van der Waals surface area contributed by atoms with Crippen molar-refractivity contribution in [2.24, 2.45) is 0 Å². The van der Waals surface area contributed by atoms with E-state index >= 15 is 0 Å². The molecule has 2 aromatic rings. The summed E-state index contributed by atoms with van der Waals surface area (Å²) in [6, 6.07) is 13.9. The summed E-state index contributed by atoms with van der Waals surface area (Å²) in [4.78, 5) is 27.4. The molecule has 2 amide bonds. The van der Waals surface area contributed by atoms with Gasteiger partial charge in [-0.3, -0.25) is 25.4 Å².